The highest BCUT2D eigenvalue weighted by Gasteiger charge is 2.22. The molecule has 1 atom stereocenters. The molecule has 0 heterocycles. The van der Waals surface area contributed by atoms with Crippen LogP contribution in [0.25, 0.3) is 0 Å². The van der Waals surface area contributed by atoms with E-state index in [4.69, 9.17) is 4.74 Å². The predicted molar refractivity (Wildman–Crippen MR) is 72.4 cm³/mol. The summed E-state index contributed by atoms with van der Waals surface area (Å²) in [4.78, 5) is 0.192. The largest absolute Gasteiger partial charge is 0.495 e. The van der Waals surface area contributed by atoms with Crippen molar-refractivity contribution in [1.29, 1.82) is 0 Å². The van der Waals surface area contributed by atoms with Crippen molar-refractivity contribution in [2.24, 2.45) is 5.92 Å². The van der Waals surface area contributed by atoms with E-state index in [0.29, 0.717) is 5.75 Å². The van der Waals surface area contributed by atoms with Gasteiger partial charge in [0, 0.05) is 6.04 Å². The van der Waals surface area contributed by atoms with Gasteiger partial charge < -0.3 is 4.74 Å². The summed E-state index contributed by atoms with van der Waals surface area (Å²) >= 11 is 0. The van der Waals surface area contributed by atoms with E-state index in [2.05, 4.69) is 4.72 Å². The molecule has 102 valence electrons. The third kappa shape index (κ3) is 3.46. The molecule has 18 heavy (non-hydrogen) atoms. The number of benzene rings is 1. The van der Waals surface area contributed by atoms with E-state index in [9.17, 15) is 8.42 Å². The number of aryl methyl sites for hydroxylation is 1. The molecule has 1 N–H and O–H groups in total. The fraction of sp³-hybridized carbons (Fsp3) is 0.538. The highest BCUT2D eigenvalue weighted by molar-refractivity contribution is 7.89. The smallest absolute Gasteiger partial charge is 0.244 e. The number of methoxy groups -OCH3 is 1. The second kappa shape index (κ2) is 5.71. The molecule has 4 nitrogen and oxygen atoms in total. The van der Waals surface area contributed by atoms with Crippen LogP contribution < -0.4 is 9.46 Å². The van der Waals surface area contributed by atoms with Crippen molar-refractivity contribution in [3.63, 3.8) is 0 Å². The van der Waals surface area contributed by atoms with Crippen molar-refractivity contribution in [3.05, 3.63) is 23.8 Å². The Bertz CT molecular complexity index is 509. The average molecular weight is 271 g/mol. The minimum absolute atomic E-state index is 0.125. The SMILES string of the molecule is COc1ccc(C)cc1S(=O)(=O)N[C@@H](C)C(C)C. The maximum atomic E-state index is 12.3. The maximum absolute atomic E-state index is 12.3. The monoisotopic (exact) mass is 271 g/mol. The Morgan fingerprint density at radius 3 is 2.33 bits per heavy atom. The molecular weight excluding hydrogens is 250 g/mol. The van der Waals surface area contributed by atoms with Gasteiger partial charge in [-0.2, -0.15) is 0 Å². The first-order chi connectivity index (χ1) is 8.27. The number of hydrogen-bond donors (Lipinski definition) is 1. The Labute approximate surface area is 109 Å². The van der Waals surface area contributed by atoms with Gasteiger partial charge in [0.05, 0.1) is 7.11 Å². The van der Waals surface area contributed by atoms with Gasteiger partial charge in [0.2, 0.25) is 10.0 Å². The Morgan fingerprint density at radius 1 is 1.22 bits per heavy atom. The van der Waals surface area contributed by atoms with Crippen LogP contribution in [-0.2, 0) is 10.0 Å². The Balaban J connectivity index is 3.15. The third-order valence-electron chi connectivity index (χ3n) is 2.95. The Kier molecular flexibility index (Phi) is 4.76. The van der Waals surface area contributed by atoms with Crippen LogP contribution in [0.1, 0.15) is 26.3 Å². The van der Waals surface area contributed by atoms with Crippen LogP contribution in [0.3, 0.4) is 0 Å². The first kappa shape index (κ1) is 15.0. The second-order valence-electron chi connectivity index (χ2n) is 4.81. The zero-order chi connectivity index (χ0) is 13.9. The molecule has 0 aromatic heterocycles. The Hall–Kier alpha value is -1.07. The molecule has 5 heteroatoms. The summed E-state index contributed by atoms with van der Waals surface area (Å²) in [5.41, 5.74) is 0.883. The van der Waals surface area contributed by atoms with E-state index in [1.54, 1.807) is 12.1 Å². The molecule has 0 radical (unpaired) electrons. The van der Waals surface area contributed by atoms with Crippen LogP contribution in [0.2, 0.25) is 0 Å². The van der Waals surface area contributed by atoms with E-state index < -0.39 is 10.0 Å². The lowest BCUT2D eigenvalue weighted by molar-refractivity contribution is 0.401. The van der Waals surface area contributed by atoms with Crippen molar-refractivity contribution >= 4 is 10.0 Å². The first-order valence-corrected chi connectivity index (χ1v) is 7.43. The van der Waals surface area contributed by atoms with Gasteiger partial charge in [-0.25, -0.2) is 13.1 Å². The van der Waals surface area contributed by atoms with Gasteiger partial charge in [0.25, 0.3) is 0 Å². The van der Waals surface area contributed by atoms with Crippen LogP contribution in [0, 0.1) is 12.8 Å². The lowest BCUT2D eigenvalue weighted by atomic mass is 10.1. The molecule has 1 aromatic carbocycles. The summed E-state index contributed by atoms with van der Waals surface area (Å²) in [5, 5.41) is 0. The van der Waals surface area contributed by atoms with E-state index in [1.165, 1.54) is 7.11 Å². The quantitative estimate of drug-likeness (QED) is 0.894. The van der Waals surface area contributed by atoms with Crippen LogP contribution in [0.15, 0.2) is 23.1 Å². The van der Waals surface area contributed by atoms with Gasteiger partial charge in [-0.05, 0) is 37.5 Å². The van der Waals surface area contributed by atoms with Crippen LogP contribution >= 0.6 is 0 Å². The van der Waals surface area contributed by atoms with Crippen LogP contribution in [0.5, 0.6) is 5.75 Å². The molecule has 0 aliphatic rings. The van der Waals surface area contributed by atoms with Gasteiger partial charge in [-0.1, -0.05) is 19.9 Å². The molecule has 0 aliphatic carbocycles. The number of ether oxygens (including phenoxy) is 1. The fourth-order valence-electron chi connectivity index (χ4n) is 1.44. The topological polar surface area (TPSA) is 55.4 Å². The van der Waals surface area contributed by atoms with Gasteiger partial charge in [-0.3, -0.25) is 0 Å². The lowest BCUT2D eigenvalue weighted by Gasteiger charge is -2.18. The summed E-state index contributed by atoms with van der Waals surface area (Å²) in [6.07, 6.45) is 0. The molecule has 0 bridgehead atoms. The second-order valence-corrected chi connectivity index (χ2v) is 6.49. The summed E-state index contributed by atoms with van der Waals surface area (Å²) in [5.74, 6) is 0.597. The van der Waals surface area contributed by atoms with Crippen molar-refractivity contribution in [2.45, 2.75) is 38.6 Å². The van der Waals surface area contributed by atoms with Gasteiger partial charge in [0.15, 0.2) is 0 Å². The van der Waals surface area contributed by atoms with Crippen molar-refractivity contribution in [3.8, 4) is 5.75 Å². The van der Waals surface area contributed by atoms with E-state index in [-0.39, 0.29) is 16.9 Å². The van der Waals surface area contributed by atoms with E-state index >= 15 is 0 Å². The number of nitrogens with one attached hydrogen (secondary N) is 1. The van der Waals surface area contributed by atoms with Crippen molar-refractivity contribution < 1.29 is 13.2 Å². The van der Waals surface area contributed by atoms with Gasteiger partial charge >= 0.3 is 0 Å². The van der Waals surface area contributed by atoms with E-state index in [1.807, 2.05) is 33.8 Å². The molecule has 0 saturated carbocycles. The van der Waals surface area contributed by atoms with Crippen LogP contribution in [0.4, 0.5) is 0 Å². The number of sulfonamides is 1. The maximum Gasteiger partial charge on any atom is 0.244 e. The van der Waals surface area contributed by atoms with Gasteiger partial charge in [0.1, 0.15) is 10.6 Å². The van der Waals surface area contributed by atoms with Crippen LogP contribution in [-0.4, -0.2) is 21.6 Å². The molecule has 1 rings (SSSR count). The zero-order valence-corrected chi connectivity index (χ0v) is 12.3. The molecule has 0 unspecified atom stereocenters. The first-order valence-electron chi connectivity index (χ1n) is 5.95. The third-order valence-corrected chi connectivity index (χ3v) is 4.53. The van der Waals surface area contributed by atoms with E-state index in [0.717, 1.165) is 5.56 Å². The summed E-state index contributed by atoms with van der Waals surface area (Å²) in [6, 6.07) is 4.99. The summed E-state index contributed by atoms with van der Waals surface area (Å²) < 4.78 is 32.4. The Morgan fingerprint density at radius 2 is 1.83 bits per heavy atom. The van der Waals surface area contributed by atoms with Crippen molar-refractivity contribution in [2.75, 3.05) is 7.11 Å². The van der Waals surface area contributed by atoms with Crippen molar-refractivity contribution in [1.82, 2.24) is 4.72 Å². The average Bonchev–Trinajstić information content (AvgIpc) is 2.28. The highest BCUT2D eigenvalue weighted by Crippen LogP contribution is 2.25. The summed E-state index contributed by atoms with van der Waals surface area (Å²) in [6.45, 7) is 7.65. The number of hydrogen-bond acceptors (Lipinski definition) is 3. The molecular formula is C13H21NO3S. The minimum Gasteiger partial charge on any atom is -0.495 e. The lowest BCUT2D eigenvalue weighted by Crippen LogP contribution is -2.36. The summed E-state index contributed by atoms with van der Waals surface area (Å²) in [7, 11) is -2.08. The molecule has 0 amide bonds. The predicted octanol–water partition coefficient (Wildman–Crippen LogP) is 2.33. The molecule has 1 aromatic rings. The molecule has 0 saturated heterocycles. The highest BCUT2D eigenvalue weighted by atomic mass is 32.2. The van der Waals surface area contributed by atoms with Gasteiger partial charge in [-0.15, -0.1) is 0 Å². The fourth-order valence-corrected chi connectivity index (χ4v) is 3.08. The minimum atomic E-state index is -3.54. The standard InChI is InChI=1S/C13H21NO3S/c1-9(2)11(4)14-18(15,16)13-8-10(3)6-7-12(13)17-5/h6-9,11,14H,1-5H3/t11-/m0/s1. The zero-order valence-electron chi connectivity index (χ0n) is 11.5. The normalized spacial score (nSPS) is 13.7. The molecule has 0 spiro atoms. The number of rotatable bonds is 5. The molecule has 0 aliphatic heterocycles. The molecule has 0 fully saturated rings.